The average Bonchev–Trinajstić information content (AvgIpc) is 2.43. The third-order valence-electron chi connectivity index (χ3n) is 2.96. The minimum absolute atomic E-state index is 0.0649. The molecule has 0 spiro atoms. The van der Waals surface area contributed by atoms with E-state index < -0.39 is 4.92 Å². The Labute approximate surface area is 122 Å². The van der Waals surface area contributed by atoms with Crippen LogP contribution in [0, 0.1) is 24.0 Å². The van der Waals surface area contributed by atoms with Crippen LogP contribution >= 0.6 is 0 Å². The molecule has 0 atom stereocenters. The first-order valence-corrected chi connectivity index (χ1v) is 6.51. The van der Waals surface area contributed by atoms with E-state index in [4.69, 9.17) is 4.74 Å². The number of rotatable bonds is 5. The summed E-state index contributed by atoms with van der Waals surface area (Å²) >= 11 is 0. The minimum atomic E-state index is -0.418. The molecule has 7 heteroatoms. The molecular weight excluding hydrogens is 272 g/mol. The largest absolute Gasteiger partial charge is 0.439 e. The summed E-state index contributed by atoms with van der Waals surface area (Å²) in [4.78, 5) is 18.6. The van der Waals surface area contributed by atoms with Crippen LogP contribution in [0.3, 0.4) is 0 Å². The number of nitrogens with one attached hydrogen (secondary N) is 1. The maximum absolute atomic E-state index is 10.8. The van der Waals surface area contributed by atoms with Crippen molar-refractivity contribution in [2.24, 2.45) is 0 Å². The predicted molar refractivity (Wildman–Crippen MR) is 78.8 cm³/mol. The van der Waals surface area contributed by atoms with Gasteiger partial charge in [0.2, 0.25) is 5.88 Å². The normalized spacial score (nSPS) is 10.2. The van der Waals surface area contributed by atoms with Crippen LogP contribution < -0.4 is 10.1 Å². The number of aromatic nitrogens is 2. The Kier molecular flexibility index (Phi) is 4.32. The van der Waals surface area contributed by atoms with Crippen molar-refractivity contribution in [2.75, 3.05) is 11.9 Å². The fourth-order valence-electron chi connectivity index (χ4n) is 1.89. The van der Waals surface area contributed by atoms with Crippen LogP contribution in [0.5, 0.6) is 11.6 Å². The van der Waals surface area contributed by atoms with Crippen molar-refractivity contribution < 1.29 is 9.66 Å². The molecule has 0 amide bonds. The highest BCUT2D eigenvalue weighted by atomic mass is 16.6. The molecule has 1 heterocycles. The quantitative estimate of drug-likeness (QED) is 0.671. The fourth-order valence-corrected chi connectivity index (χ4v) is 1.89. The van der Waals surface area contributed by atoms with Crippen LogP contribution in [0.15, 0.2) is 24.5 Å². The van der Waals surface area contributed by atoms with E-state index in [0.29, 0.717) is 23.0 Å². The number of nitro groups is 1. The van der Waals surface area contributed by atoms with Gasteiger partial charge >= 0.3 is 0 Å². The molecule has 110 valence electrons. The van der Waals surface area contributed by atoms with E-state index in [9.17, 15) is 10.1 Å². The van der Waals surface area contributed by atoms with E-state index >= 15 is 0 Å². The van der Waals surface area contributed by atoms with Gasteiger partial charge in [0.05, 0.1) is 10.5 Å². The van der Waals surface area contributed by atoms with E-state index in [2.05, 4.69) is 15.3 Å². The second-order valence-electron chi connectivity index (χ2n) is 4.49. The van der Waals surface area contributed by atoms with Gasteiger partial charge in [-0.05, 0) is 32.9 Å². The Bertz CT molecular complexity index is 673. The summed E-state index contributed by atoms with van der Waals surface area (Å²) in [6, 6.07) is 4.60. The van der Waals surface area contributed by atoms with Crippen LogP contribution in [-0.4, -0.2) is 21.4 Å². The van der Waals surface area contributed by atoms with E-state index in [1.54, 1.807) is 19.1 Å². The van der Waals surface area contributed by atoms with Gasteiger partial charge in [0, 0.05) is 18.2 Å². The molecule has 2 aromatic rings. The molecule has 0 fully saturated rings. The average molecular weight is 288 g/mol. The maximum atomic E-state index is 10.8. The molecule has 2 rings (SSSR count). The Balaban J connectivity index is 2.28. The highest BCUT2D eigenvalue weighted by molar-refractivity contribution is 5.50. The zero-order valence-electron chi connectivity index (χ0n) is 12.1. The van der Waals surface area contributed by atoms with E-state index in [1.807, 2.05) is 13.8 Å². The first-order chi connectivity index (χ1) is 10.0. The molecule has 0 aliphatic rings. The Morgan fingerprint density at radius 2 is 2.10 bits per heavy atom. The first kappa shape index (κ1) is 14.7. The van der Waals surface area contributed by atoms with E-state index in [0.717, 1.165) is 12.1 Å². The smallest absolute Gasteiger partial charge is 0.272 e. The molecule has 1 aromatic carbocycles. The van der Waals surface area contributed by atoms with Gasteiger partial charge in [0.25, 0.3) is 5.69 Å². The van der Waals surface area contributed by atoms with Crippen molar-refractivity contribution in [1.82, 2.24) is 9.97 Å². The lowest BCUT2D eigenvalue weighted by Gasteiger charge is -2.11. The number of hydrogen-bond donors (Lipinski definition) is 1. The van der Waals surface area contributed by atoms with Crippen LogP contribution in [0.25, 0.3) is 0 Å². The standard InChI is InChI=1S/C14H16N4O3/c1-4-15-13-10(3)14(17-8-16-13)21-11-5-6-12(18(19)20)9(2)7-11/h5-8H,4H2,1-3H3,(H,15,16,17). The molecule has 1 N–H and O–H groups in total. The molecule has 0 bridgehead atoms. The van der Waals surface area contributed by atoms with Crippen LogP contribution in [0.1, 0.15) is 18.1 Å². The number of hydrogen-bond acceptors (Lipinski definition) is 6. The third-order valence-corrected chi connectivity index (χ3v) is 2.96. The monoisotopic (exact) mass is 288 g/mol. The summed E-state index contributed by atoms with van der Waals surface area (Å²) in [7, 11) is 0. The lowest BCUT2D eigenvalue weighted by Crippen LogP contribution is -2.04. The Hall–Kier alpha value is -2.70. The summed E-state index contributed by atoms with van der Waals surface area (Å²) in [6.07, 6.45) is 1.42. The number of aryl methyl sites for hydroxylation is 1. The van der Waals surface area contributed by atoms with Crippen LogP contribution in [0.2, 0.25) is 0 Å². The van der Waals surface area contributed by atoms with Gasteiger partial charge in [-0.15, -0.1) is 0 Å². The van der Waals surface area contributed by atoms with Gasteiger partial charge in [-0.25, -0.2) is 9.97 Å². The van der Waals surface area contributed by atoms with Gasteiger partial charge in [-0.2, -0.15) is 0 Å². The topological polar surface area (TPSA) is 90.2 Å². The second-order valence-corrected chi connectivity index (χ2v) is 4.49. The zero-order valence-corrected chi connectivity index (χ0v) is 12.1. The highest BCUT2D eigenvalue weighted by Crippen LogP contribution is 2.29. The number of ether oxygens (including phenoxy) is 1. The molecule has 0 aliphatic carbocycles. The lowest BCUT2D eigenvalue weighted by molar-refractivity contribution is -0.385. The van der Waals surface area contributed by atoms with Crippen molar-refractivity contribution >= 4 is 11.5 Å². The van der Waals surface area contributed by atoms with Gasteiger partial charge in [-0.3, -0.25) is 10.1 Å². The molecule has 21 heavy (non-hydrogen) atoms. The highest BCUT2D eigenvalue weighted by Gasteiger charge is 2.13. The predicted octanol–water partition coefficient (Wildman–Crippen LogP) is 3.23. The number of nitrogens with zero attached hydrogens (tertiary/aromatic N) is 3. The molecule has 0 saturated carbocycles. The summed E-state index contributed by atoms with van der Waals surface area (Å²) in [5.74, 6) is 1.64. The summed E-state index contributed by atoms with van der Waals surface area (Å²) < 4.78 is 5.70. The number of anilines is 1. The minimum Gasteiger partial charge on any atom is -0.439 e. The lowest BCUT2D eigenvalue weighted by atomic mass is 10.2. The van der Waals surface area contributed by atoms with E-state index in [-0.39, 0.29) is 5.69 Å². The van der Waals surface area contributed by atoms with Crippen molar-refractivity contribution in [1.29, 1.82) is 0 Å². The van der Waals surface area contributed by atoms with Crippen molar-refractivity contribution in [2.45, 2.75) is 20.8 Å². The Morgan fingerprint density at radius 1 is 1.33 bits per heavy atom. The van der Waals surface area contributed by atoms with Gasteiger partial charge in [-0.1, -0.05) is 0 Å². The third kappa shape index (κ3) is 3.25. The van der Waals surface area contributed by atoms with E-state index in [1.165, 1.54) is 12.4 Å². The SMILES string of the molecule is CCNc1ncnc(Oc2ccc([N+](=O)[O-])c(C)c2)c1C. The molecule has 1 aromatic heterocycles. The summed E-state index contributed by atoms with van der Waals surface area (Å²) in [5.41, 5.74) is 1.39. The number of nitro benzene ring substituents is 1. The van der Waals surface area contributed by atoms with Gasteiger partial charge in [0.1, 0.15) is 17.9 Å². The van der Waals surface area contributed by atoms with Crippen molar-refractivity contribution in [3.05, 3.63) is 45.8 Å². The molecule has 7 nitrogen and oxygen atoms in total. The van der Waals surface area contributed by atoms with Gasteiger partial charge < -0.3 is 10.1 Å². The number of benzene rings is 1. The summed E-state index contributed by atoms with van der Waals surface area (Å²) in [6.45, 7) is 6.24. The molecule has 0 aliphatic heterocycles. The van der Waals surface area contributed by atoms with Crippen molar-refractivity contribution in [3.8, 4) is 11.6 Å². The fraction of sp³-hybridized carbons (Fsp3) is 0.286. The molecular formula is C14H16N4O3. The summed E-state index contributed by atoms with van der Waals surface area (Å²) in [5, 5.41) is 13.9. The van der Waals surface area contributed by atoms with Crippen LogP contribution in [0.4, 0.5) is 11.5 Å². The first-order valence-electron chi connectivity index (χ1n) is 6.51. The Morgan fingerprint density at radius 3 is 2.71 bits per heavy atom. The zero-order chi connectivity index (χ0) is 15.4. The van der Waals surface area contributed by atoms with Crippen LogP contribution in [-0.2, 0) is 0 Å². The molecule has 0 unspecified atom stereocenters. The van der Waals surface area contributed by atoms with Gasteiger partial charge in [0.15, 0.2) is 0 Å². The second kappa shape index (κ2) is 6.17. The maximum Gasteiger partial charge on any atom is 0.272 e. The van der Waals surface area contributed by atoms with Crippen molar-refractivity contribution in [3.63, 3.8) is 0 Å². The molecule has 0 radical (unpaired) electrons. The molecule has 0 saturated heterocycles.